The van der Waals surface area contributed by atoms with Gasteiger partial charge in [0, 0.05) is 1.43 Å². The molecule has 0 rings (SSSR count). The van der Waals surface area contributed by atoms with Crippen molar-refractivity contribution < 1.29 is 1.43 Å². The standard InChI is InChI=1S/3In.H2N2.Se3.H2Se.HSe.H2.4H/c;;;1-2;1-3-2;;;;;;;/h;;;1-2H;;1H2;2*1H;;;;. The third-order valence-electron chi connectivity index (χ3n) is 0.0962. The first kappa shape index (κ1) is 29.3. The van der Waals surface area contributed by atoms with Gasteiger partial charge >= 0.3 is 130 Å². The third kappa shape index (κ3) is 38.5. The van der Waals surface area contributed by atoms with Crippen LogP contribution in [0.15, 0.2) is 0 Å². The molecule has 0 aliphatic carbocycles. The Morgan fingerprint density at radius 1 is 1.40 bits per heavy atom. The van der Waals surface area contributed by atoms with Gasteiger partial charge in [-0.25, -0.2) is 11.1 Å². The number of hydrogen-bond acceptors (Lipinski definition) is 2. The van der Waals surface area contributed by atoms with Crippen LogP contribution < -0.4 is 0 Å². The minimum atomic E-state index is 0. The molecular weight excluding hydrogens is 767 g/mol. The molecule has 2 N–H and O–H groups in total. The molecular formula is H11In3N2Se5. The van der Waals surface area contributed by atoms with Crippen LogP contribution in [0.2, 0.25) is 0 Å². The van der Waals surface area contributed by atoms with E-state index in [0.29, 0.717) is 3.10 Å². The molecule has 2 nitrogen and oxygen atoms in total. The van der Waals surface area contributed by atoms with E-state index in [1.165, 1.54) is 42.8 Å². The van der Waals surface area contributed by atoms with Gasteiger partial charge in [0.25, 0.3) is 0 Å². The molecule has 0 aliphatic heterocycles. The van der Waals surface area contributed by atoms with Crippen LogP contribution in [0.1, 0.15) is 1.43 Å². The van der Waals surface area contributed by atoms with Gasteiger partial charge in [-0.2, -0.15) is 0 Å². The minimum absolute atomic E-state index is 0. The van der Waals surface area contributed by atoms with Gasteiger partial charge in [0.05, 0.1) is 0 Å². The van der Waals surface area contributed by atoms with E-state index in [4.69, 9.17) is 11.1 Å². The molecule has 60 valence electrons. The van der Waals surface area contributed by atoms with Crippen molar-refractivity contribution in [2.24, 2.45) is 0 Å². The maximum atomic E-state index is 5.00. The van der Waals surface area contributed by atoms with Gasteiger partial charge < -0.3 is 0 Å². The van der Waals surface area contributed by atoms with E-state index >= 15 is 0 Å². The van der Waals surface area contributed by atoms with Crippen LogP contribution >= 0.6 is 0 Å². The summed E-state index contributed by atoms with van der Waals surface area (Å²) in [4.78, 5) is 0. The zero-order valence-corrected chi connectivity index (χ0v) is 28.5. The number of rotatable bonds is 0. The van der Waals surface area contributed by atoms with Crippen LogP contribution in [0.25, 0.3) is 0 Å². The fourth-order valence-electron chi connectivity index (χ4n) is 0. The summed E-state index contributed by atoms with van der Waals surface area (Å²) in [6.45, 7) is 0. The SMILES string of the molecule is N=N.[HH].[InH2].[SeH2].[SeH].[Se]=[Se]=[Se](=[InH])=[InH]. The predicted octanol–water partition coefficient (Wildman–Crippen LogP) is -4.08. The average molecular weight is 778 g/mol. The first-order valence-electron chi connectivity index (χ1n) is 1.16. The van der Waals surface area contributed by atoms with Gasteiger partial charge in [-0.1, -0.05) is 0 Å². The molecule has 0 aromatic rings. The van der Waals surface area contributed by atoms with Crippen molar-refractivity contribution in [3.05, 3.63) is 0 Å². The Labute approximate surface area is 139 Å². The average Bonchev–Trinajstić information content (AvgIpc) is 1.73. The molecule has 0 saturated heterocycles. The van der Waals surface area contributed by atoms with Crippen molar-refractivity contribution in [3.63, 3.8) is 0 Å². The van der Waals surface area contributed by atoms with Crippen LogP contribution in [0.5, 0.6) is 0 Å². The molecule has 2 radical (unpaired) electrons. The molecule has 0 aliphatic rings. The van der Waals surface area contributed by atoms with Crippen molar-refractivity contribution in [3.8, 4) is 0 Å². The predicted molar refractivity (Wildman–Crippen MR) is 63.4 cm³/mol. The summed E-state index contributed by atoms with van der Waals surface area (Å²) in [7, 11) is 1.03. The Balaban J connectivity index is -0.00000000972. The van der Waals surface area contributed by atoms with Gasteiger partial charge in [-0.15, -0.1) is 0 Å². The van der Waals surface area contributed by atoms with Crippen LogP contribution in [0, 0.1) is 11.1 Å². The Hall–Kier alpha value is 4.81. The molecule has 0 bridgehead atoms. The molecule has 0 atom stereocenters. The van der Waals surface area contributed by atoms with E-state index in [-0.39, 0.29) is 61.4 Å². The molecule has 10 heavy (non-hydrogen) atoms. The molecule has 10 heteroatoms. The Bertz CT molecular complexity index is 162. The second kappa shape index (κ2) is 29.2. The molecule has 0 fully saturated rings. The third-order valence-corrected chi connectivity index (χ3v) is 90.6. The zero-order chi connectivity index (χ0) is 6.28. The summed E-state index contributed by atoms with van der Waals surface area (Å²) in [6, 6.07) is 0. The van der Waals surface area contributed by atoms with E-state index in [2.05, 4.69) is 13.7 Å². The number of nitrogens with one attached hydrogen (secondary N) is 2. The molecule has 0 unspecified atom stereocenters. The second-order valence-electron chi connectivity index (χ2n) is 0.508. The van der Waals surface area contributed by atoms with Crippen LogP contribution in [0.3, 0.4) is 0 Å². The van der Waals surface area contributed by atoms with Crippen molar-refractivity contribution in [2.75, 3.05) is 0 Å². The van der Waals surface area contributed by atoms with Gasteiger partial charge in [-0.3, -0.25) is 0 Å². The van der Waals surface area contributed by atoms with Crippen molar-refractivity contribution in [1.29, 1.82) is 11.1 Å². The van der Waals surface area contributed by atoms with Crippen molar-refractivity contribution in [1.82, 2.24) is 0 Å². The molecule has 0 heterocycles. The monoisotopic (exact) mass is 783 g/mol. The number of hydrogen-bond donors (Lipinski definition) is 2. The Morgan fingerprint density at radius 3 is 1.50 bits per heavy atom. The van der Waals surface area contributed by atoms with E-state index in [0.717, 1.165) is 10.2 Å². The summed E-state index contributed by atoms with van der Waals surface area (Å²) >= 11 is 5.90. The summed E-state index contributed by atoms with van der Waals surface area (Å²) in [5.41, 5.74) is 10.0. The van der Waals surface area contributed by atoms with Crippen LogP contribution in [0.4, 0.5) is 0 Å². The molecule has 0 aromatic heterocycles. The van der Waals surface area contributed by atoms with Gasteiger partial charge in [0.1, 0.15) is 0 Å². The van der Waals surface area contributed by atoms with E-state index in [9.17, 15) is 0 Å². The fraction of sp³-hybridized carbons (Fsp3) is 0. The summed E-state index contributed by atoms with van der Waals surface area (Å²) < 4.78 is 0.301. The van der Waals surface area contributed by atoms with Gasteiger partial charge in [-0.05, 0) is 0 Å². The fourth-order valence-corrected chi connectivity index (χ4v) is 0. The zero-order valence-electron chi connectivity index (χ0n) is 5.59. The van der Waals surface area contributed by atoms with Gasteiger partial charge in [0.2, 0.25) is 0 Å². The summed E-state index contributed by atoms with van der Waals surface area (Å²) in [6.07, 6.45) is 0. The van der Waals surface area contributed by atoms with E-state index < -0.39 is 0 Å². The normalized spacial score (nSPS) is 3.40. The first-order chi connectivity index (χ1) is 3.27. The Kier molecular flexibility index (Phi) is 85.7. The molecule has 0 saturated carbocycles. The summed E-state index contributed by atoms with van der Waals surface area (Å²) in [5, 5.41) is 0. The van der Waals surface area contributed by atoms with Crippen molar-refractivity contribution in [2.45, 2.75) is 0 Å². The molecule has 0 aromatic carbocycles. The van der Waals surface area contributed by atoms with E-state index in [1.54, 1.807) is 0 Å². The van der Waals surface area contributed by atoms with Crippen LogP contribution in [-0.2, 0) is 0 Å². The van der Waals surface area contributed by atoms with Crippen LogP contribution in [-0.4, -0.2) is 130 Å². The Morgan fingerprint density at radius 2 is 1.50 bits per heavy atom. The summed E-state index contributed by atoms with van der Waals surface area (Å²) in [5.74, 6) is 0. The van der Waals surface area contributed by atoms with E-state index in [1.807, 2.05) is 0 Å². The maximum absolute atomic E-state index is 5.00. The second-order valence-corrected chi connectivity index (χ2v) is 100.0. The first-order valence-corrected chi connectivity index (χ1v) is 29.4. The molecule has 0 amide bonds. The molecule has 0 spiro atoms. The van der Waals surface area contributed by atoms with Crippen molar-refractivity contribution >= 4 is 130 Å². The van der Waals surface area contributed by atoms with Gasteiger partial charge in [0.15, 0.2) is 0 Å². The topological polar surface area (TPSA) is 47.7 Å². The quantitative estimate of drug-likeness (QED) is 0.186.